The first kappa shape index (κ1) is 11.7. The van der Waals surface area contributed by atoms with E-state index in [2.05, 4.69) is 28.0 Å². The molecule has 0 aromatic carbocycles. The number of rotatable bonds is 4. The van der Waals surface area contributed by atoms with Crippen LogP contribution in [-0.4, -0.2) is 27.5 Å². The van der Waals surface area contributed by atoms with Crippen molar-refractivity contribution in [1.82, 2.24) is 9.78 Å². The Balaban J connectivity index is 2.90. The Morgan fingerprint density at radius 2 is 2.29 bits per heavy atom. The summed E-state index contributed by atoms with van der Waals surface area (Å²) in [5, 5.41) is 13.8. The molecule has 0 aliphatic heterocycles. The van der Waals surface area contributed by atoms with Gasteiger partial charge in [0, 0.05) is 20.0 Å². The molecule has 1 unspecified atom stereocenters. The number of hydrogen-bond donors (Lipinski definition) is 2. The lowest BCUT2D eigenvalue weighted by Gasteiger charge is -2.07. The topological polar surface area (TPSA) is 64.1 Å². The molecule has 1 aromatic rings. The van der Waals surface area contributed by atoms with Gasteiger partial charge in [-0.1, -0.05) is 6.92 Å². The van der Waals surface area contributed by atoms with E-state index in [1.807, 2.05) is 7.05 Å². The van der Waals surface area contributed by atoms with Gasteiger partial charge in [-0.05, 0) is 22.4 Å². The molecule has 0 fully saturated rings. The molecule has 1 heterocycles. The van der Waals surface area contributed by atoms with Crippen molar-refractivity contribution in [2.45, 2.75) is 25.9 Å². The lowest BCUT2D eigenvalue weighted by atomic mass is 10.2. The summed E-state index contributed by atoms with van der Waals surface area (Å²) >= 11 is 3.48. The molecule has 4 nitrogen and oxygen atoms in total. The minimum absolute atomic E-state index is 0.277. The highest BCUT2D eigenvalue weighted by Gasteiger charge is 2.15. The van der Waals surface area contributed by atoms with Crippen molar-refractivity contribution in [2.24, 2.45) is 12.8 Å². The fourth-order valence-electron chi connectivity index (χ4n) is 1.35. The molecule has 0 spiro atoms. The average molecular weight is 262 g/mol. The maximum Gasteiger partial charge on any atom is 0.0766 e. The molecule has 0 aliphatic rings. The van der Waals surface area contributed by atoms with Crippen LogP contribution in [0.25, 0.3) is 0 Å². The van der Waals surface area contributed by atoms with Crippen molar-refractivity contribution in [3.63, 3.8) is 0 Å². The number of nitrogens with two attached hydrogens (primary N) is 1. The third-order valence-electron chi connectivity index (χ3n) is 2.20. The Morgan fingerprint density at radius 3 is 2.71 bits per heavy atom. The first-order chi connectivity index (χ1) is 6.60. The molecule has 3 N–H and O–H groups in total. The van der Waals surface area contributed by atoms with E-state index < -0.39 is 6.10 Å². The SMILES string of the molecule is CCc1nn(C)c(CC(O)CN)c1Br. The van der Waals surface area contributed by atoms with Gasteiger partial charge in [0.05, 0.1) is 22.0 Å². The molecule has 5 heteroatoms. The van der Waals surface area contributed by atoms with Crippen molar-refractivity contribution >= 4 is 15.9 Å². The number of nitrogens with zero attached hydrogens (tertiary/aromatic N) is 2. The number of halogens is 1. The van der Waals surface area contributed by atoms with Crippen molar-refractivity contribution in [2.75, 3.05) is 6.54 Å². The standard InChI is InChI=1S/C9H16BrN3O/c1-3-7-9(10)8(13(2)12-7)4-6(14)5-11/h6,14H,3-5,11H2,1-2H3. The molecule has 0 saturated carbocycles. The number of aliphatic hydroxyl groups is 1. The minimum Gasteiger partial charge on any atom is -0.391 e. The van der Waals surface area contributed by atoms with Crippen LogP contribution in [-0.2, 0) is 19.9 Å². The first-order valence-corrected chi connectivity index (χ1v) is 5.47. The van der Waals surface area contributed by atoms with Gasteiger partial charge in [-0.15, -0.1) is 0 Å². The van der Waals surface area contributed by atoms with E-state index in [1.54, 1.807) is 4.68 Å². The molecular weight excluding hydrogens is 246 g/mol. The van der Waals surface area contributed by atoms with E-state index in [9.17, 15) is 5.11 Å². The molecule has 1 rings (SSSR count). The van der Waals surface area contributed by atoms with Gasteiger partial charge in [0.2, 0.25) is 0 Å². The maximum absolute atomic E-state index is 9.46. The van der Waals surface area contributed by atoms with Gasteiger partial charge in [-0.3, -0.25) is 4.68 Å². The molecule has 80 valence electrons. The van der Waals surface area contributed by atoms with Crippen molar-refractivity contribution in [1.29, 1.82) is 0 Å². The van der Waals surface area contributed by atoms with Gasteiger partial charge < -0.3 is 10.8 Å². The summed E-state index contributed by atoms with van der Waals surface area (Å²) in [6.45, 7) is 2.33. The summed E-state index contributed by atoms with van der Waals surface area (Å²) in [6.07, 6.45) is 0.930. The van der Waals surface area contributed by atoms with Crippen LogP contribution in [0.1, 0.15) is 18.3 Å². The molecule has 0 aliphatic carbocycles. The summed E-state index contributed by atoms with van der Waals surface area (Å²) in [5.74, 6) is 0. The quantitative estimate of drug-likeness (QED) is 0.835. The van der Waals surface area contributed by atoms with Crippen LogP contribution in [0.3, 0.4) is 0 Å². The number of aromatic nitrogens is 2. The third-order valence-corrected chi connectivity index (χ3v) is 3.12. The van der Waals surface area contributed by atoms with E-state index in [0.29, 0.717) is 6.42 Å². The number of hydrogen-bond acceptors (Lipinski definition) is 3. The van der Waals surface area contributed by atoms with Gasteiger partial charge in [0.15, 0.2) is 0 Å². The van der Waals surface area contributed by atoms with E-state index in [-0.39, 0.29) is 6.54 Å². The van der Waals surface area contributed by atoms with E-state index in [0.717, 1.165) is 22.3 Å². The second-order valence-corrected chi connectivity index (χ2v) is 4.07. The number of aryl methyl sites for hydroxylation is 2. The molecule has 0 bridgehead atoms. The third kappa shape index (κ3) is 2.34. The van der Waals surface area contributed by atoms with Gasteiger partial charge in [-0.25, -0.2) is 0 Å². The predicted molar refractivity (Wildman–Crippen MR) is 59.1 cm³/mol. The molecule has 0 saturated heterocycles. The summed E-state index contributed by atoms with van der Waals surface area (Å²) in [5.41, 5.74) is 7.38. The second-order valence-electron chi connectivity index (χ2n) is 3.28. The first-order valence-electron chi connectivity index (χ1n) is 4.68. The van der Waals surface area contributed by atoms with Crippen molar-refractivity contribution < 1.29 is 5.11 Å². The summed E-state index contributed by atoms with van der Waals surface area (Å²) in [7, 11) is 1.88. The van der Waals surface area contributed by atoms with E-state index in [1.165, 1.54) is 0 Å². The highest BCUT2D eigenvalue weighted by Crippen LogP contribution is 2.22. The zero-order chi connectivity index (χ0) is 10.7. The summed E-state index contributed by atoms with van der Waals surface area (Å²) in [4.78, 5) is 0. The molecule has 14 heavy (non-hydrogen) atoms. The molecular formula is C9H16BrN3O. The largest absolute Gasteiger partial charge is 0.391 e. The zero-order valence-corrected chi connectivity index (χ0v) is 10.1. The van der Waals surface area contributed by atoms with Crippen LogP contribution < -0.4 is 5.73 Å². The molecule has 1 atom stereocenters. The van der Waals surface area contributed by atoms with Crippen LogP contribution in [0.5, 0.6) is 0 Å². The zero-order valence-electron chi connectivity index (χ0n) is 8.50. The van der Waals surface area contributed by atoms with E-state index in [4.69, 9.17) is 5.73 Å². The Labute approximate surface area is 92.2 Å². The second kappa shape index (κ2) is 4.91. The van der Waals surface area contributed by atoms with Gasteiger partial charge >= 0.3 is 0 Å². The summed E-state index contributed by atoms with van der Waals surface area (Å²) in [6, 6.07) is 0. The Bertz CT molecular complexity index is 311. The van der Waals surface area contributed by atoms with Gasteiger partial charge in [-0.2, -0.15) is 5.10 Å². The summed E-state index contributed by atoms with van der Waals surface area (Å²) < 4.78 is 2.79. The average Bonchev–Trinajstić information content (AvgIpc) is 2.44. The fourth-order valence-corrected chi connectivity index (χ4v) is 2.13. The van der Waals surface area contributed by atoms with Crippen LogP contribution in [0.15, 0.2) is 4.47 Å². The molecule has 1 aromatic heterocycles. The Morgan fingerprint density at radius 1 is 1.64 bits per heavy atom. The fraction of sp³-hybridized carbons (Fsp3) is 0.667. The normalized spacial score (nSPS) is 13.2. The van der Waals surface area contributed by atoms with Gasteiger partial charge in [0.25, 0.3) is 0 Å². The Hall–Kier alpha value is -0.390. The number of aliphatic hydroxyl groups excluding tert-OH is 1. The minimum atomic E-state index is -0.494. The van der Waals surface area contributed by atoms with Crippen molar-refractivity contribution in [3.8, 4) is 0 Å². The maximum atomic E-state index is 9.46. The van der Waals surface area contributed by atoms with Crippen LogP contribution in [0, 0.1) is 0 Å². The highest BCUT2D eigenvalue weighted by molar-refractivity contribution is 9.10. The monoisotopic (exact) mass is 261 g/mol. The van der Waals surface area contributed by atoms with Gasteiger partial charge in [0.1, 0.15) is 0 Å². The Kier molecular flexibility index (Phi) is 4.10. The van der Waals surface area contributed by atoms with E-state index >= 15 is 0 Å². The lowest BCUT2D eigenvalue weighted by molar-refractivity contribution is 0.180. The van der Waals surface area contributed by atoms with Crippen molar-refractivity contribution in [3.05, 3.63) is 15.9 Å². The van der Waals surface area contributed by atoms with Crippen LogP contribution in [0.2, 0.25) is 0 Å². The molecule has 0 amide bonds. The smallest absolute Gasteiger partial charge is 0.0766 e. The molecule has 0 radical (unpaired) electrons. The predicted octanol–water partition coefficient (Wildman–Crippen LogP) is 0.607. The highest BCUT2D eigenvalue weighted by atomic mass is 79.9. The lowest BCUT2D eigenvalue weighted by Crippen LogP contribution is -2.23. The van der Waals surface area contributed by atoms with Crippen LogP contribution in [0.4, 0.5) is 0 Å². The van der Waals surface area contributed by atoms with Crippen LogP contribution >= 0.6 is 15.9 Å².